The quantitative estimate of drug-likeness (QED) is 0.651. The van der Waals surface area contributed by atoms with Crippen LogP contribution < -0.4 is 5.32 Å². The molecule has 1 aromatic heterocycles. The summed E-state index contributed by atoms with van der Waals surface area (Å²) in [4.78, 5) is 27.5. The van der Waals surface area contributed by atoms with E-state index in [0.29, 0.717) is 0 Å². The number of hydrogen-bond acceptors (Lipinski definition) is 6. The lowest BCUT2D eigenvalue weighted by Gasteiger charge is -2.04. The molecule has 0 atom stereocenters. The van der Waals surface area contributed by atoms with Crippen molar-refractivity contribution >= 4 is 22.9 Å². The number of phenols is 1. The summed E-state index contributed by atoms with van der Waals surface area (Å²) in [5.74, 6) is -0.820. The van der Waals surface area contributed by atoms with Gasteiger partial charge in [0.05, 0.1) is 11.5 Å². The molecule has 0 saturated heterocycles. The predicted octanol–water partition coefficient (Wildman–Crippen LogP) is 2.25. The van der Waals surface area contributed by atoms with E-state index in [9.17, 15) is 20.0 Å². The molecule has 1 heterocycles. The normalized spacial score (nSPS) is 10.3. The van der Waals surface area contributed by atoms with Gasteiger partial charge in [-0.25, -0.2) is 4.98 Å². The van der Waals surface area contributed by atoms with Gasteiger partial charge in [-0.1, -0.05) is 6.92 Å². The summed E-state index contributed by atoms with van der Waals surface area (Å²) in [5, 5.41) is 23.6. The number of thiazole rings is 1. The highest BCUT2D eigenvalue weighted by atomic mass is 32.1. The number of nitrogens with zero attached hydrogens (tertiary/aromatic N) is 2. The van der Waals surface area contributed by atoms with Crippen LogP contribution in [0.4, 0.5) is 5.69 Å². The van der Waals surface area contributed by atoms with Gasteiger partial charge >= 0.3 is 0 Å². The largest absolute Gasteiger partial charge is 0.508 e. The lowest BCUT2D eigenvalue weighted by Crippen LogP contribution is -2.23. The topological polar surface area (TPSA) is 105 Å². The second-order valence-electron chi connectivity index (χ2n) is 4.22. The molecule has 2 rings (SSSR count). The molecule has 0 aliphatic heterocycles. The van der Waals surface area contributed by atoms with Crippen molar-refractivity contribution in [1.82, 2.24) is 10.3 Å². The van der Waals surface area contributed by atoms with E-state index in [1.165, 1.54) is 17.4 Å². The third-order valence-corrected chi connectivity index (χ3v) is 3.91. The zero-order chi connectivity index (χ0) is 15.4. The highest BCUT2D eigenvalue weighted by Crippen LogP contribution is 2.23. The molecule has 110 valence electrons. The van der Waals surface area contributed by atoms with E-state index in [4.69, 9.17) is 0 Å². The Kier molecular flexibility index (Phi) is 4.49. The highest BCUT2D eigenvalue weighted by Gasteiger charge is 2.20. The Hall–Kier alpha value is -2.48. The van der Waals surface area contributed by atoms with E-state index in [-0.39, 0.29) is 23.5 Å². The van der Waals surface area contributed by atoms with Crippen LogP contribution in [0.3, 0.4) is 0 Å². The van der Waals surface area contributed by atoms with Crippen LogP contribution >= 0.6 is 11.3 Å². The number of carbonyl (C=O) groups excluding carboxylic acids is 1. The van der Waals surface area contributed by atoms with E-state index in [1.54, 1.807) is 6.20 Å². The van der Waals surface area contributed by atoms with Crippen LogP contribution in [0.2, 0.25) is 0 Å². The average Bonchev–Trinajstić information content (AvgIpc) is 2.92. The number of hydrogen-bond donors (Lipinski definition) is 2. The van der Waals surface area contributed by atoms with E-state index < -0.39 is 10.8 Å². The first-order valence-electron chi connectivity index (χ1n) is 6.20. The molecule has 0 fully saturated rings. The van der Waals surface area contributed by atoms with Gasteiger partial charge < -0.3 is 10.4 Å². The maximum Gasteiger partial charge on any atom is 0.282 e. The van der Waals surface area contributed by atoms with Crippen LogP contribution in [0, 0.1) is 10.1 Å². The first-order valence-corrected chi connectivity index (χ1v) is 7.02. The van der Waals surface area contributed by atoms with Crippen LogP contribution in [0.1, 0.15) is 27.2 Å². The van der Waals surface area contributed by atoms with Crippen LogP contribution in [0.15, 0.2) is 24.4 Å². The monoisotopic (exact) mass is 307 g/mol. The molecule has 2 aromatic rings. The maximum absolute atomic E-state index is 12.0. The maximum atomic E-state index is 12.0. The Morgan fingerprint density at radius 3 is 2.90 bits per heavy atom. The minimum atomic E-state index is -0.660. The molecule has 1 amide bonds. The van der Waals surface area contributed by atoms with Crippen LogP contribution in [-0.2, 0) is 13.0 Å². The Morgan fingerprint density at radius 1 is 1.52 bits per heavy atom. The summed E-state index contributed by atoms with van der Waals surface area (Å²) in [6, 6.07) is 3.35. The molecular weight excluding hydrogens is 294 g/mol. The zero-order valence-electron chi connectivity index (χ0n) is 11.2. The summed E-state index contributed by atoms with van der Waals surface area (Å²) in [6.45, 7) is 2.20. The van der Waals surface area contributed by atoms with Gasteiger partial charge in [-0.05, 0) is 18.6 Å². The second-order valence-corrected chi connectivity index (χ2v) is 5.41. The number of aromatic nitrogens is 1. The SMILES string of the molecule is CCc1cnc(CNC(=O)c2cc(O)ccc2[N+](=O)[O-])s1. The molecule has 0 aliphatic carbocycles. The number of nitro groups is 1. The van der Waals surface area contributed by atoms with Crippen molar-refractivity contribution < 1.29 is 14.8 Å². The van der Waals surface area contributed by atoms with E-state index >= 15 is 0 Å². The van der Waals surface area contributed by atoms with Crippen molar-refractivity contribution in [3.8, 4) is 5.75 Å². The third-order valence-electron chi connectivity index (χ3n) is 2.77. The Labute approximate surface area is 124 Å². The van der Waals surface area contributed by atoms with Gasteiger partial charge in [-0.3, -0.25) is 14.9 Å². The molecule has 0 spiro atoms. The van der Waals surface area contributed by atoms with E-state index in [2.05, 4.69) is 10.3 Å². The Bertz CT molecular complexity index is 684. The fraction of sp³-hybridized carbons (Fsp3) is 0.231. The average molecular weight is 307 g/mol. The predicted molar refractivity (Wildman–Crippen MR) is 77.4 cm³/mol. The summed E-state index contributed by atoms with van der Waals surface area (Å²) in [5.41, 5.74) is -0.522. The van der Waals surface area contributed by atoms with Crippen molar-refractivity contribution in [1.29, 1.82) is 0 Å². The number of carbonyl (C=O) groups is 1. The molecule has 0 bridgehead atoms. The summed E-state index contributed by atoms with van der Waals surface area (Å²) in [6.07, 6.45) is 2.60. The lowest BCUT2D eigenvalue weighted by atomic mass is 10.1. The van der Waals surface area contributed by atoms with E-state index in [0.717, 1.165) is 28.4 Å². The number of amides is 1. The van der Waals surface area contributed by atoms with Crippen molar-refractivity contribution in [3.63, 3.8) is 0 Å². The van der Waals surface area contributed by atoms with Gasteiger partial charge in [0.2, 0.25) is 0 Å². The molecule has 1 aromatic carbocycles. The van der Waals surface area contributed by atoms with Gasteiger partial charge in [0.1, 0.15) is 16.3 Å². The number of nitrogens with one attached hydrogen (secondary N) is 1. The number of nitro benzene ring substituents is 1. The van der Waals surface area contributed by atoms with Crippen molar-refractivity contribution in [2.45, 2.75) is 19.9 Å². The number of aryl methyl sites for hydroxylation is 1. The third kappa shape index (κ3) is 3.54. The number of rotatable bonds is 5. The molecule has 2 N–H and O–H groups in total. The minimum absolute atomic E-state index is 0.174. The fourth-order valence-corrected chi connectivity index (χ4v) is 2.51. The van der Waals surface area contributed by atoms with Crippen LogP contribution in [0.5, 0.6) is 5.75 Å². The van der Waals surface area contributed by atoms with Crippen LogP contribution in [0.25, 0.3) is 0 Å². The molecule has 0 radical (unpaired) electrons. The fourth-order valence-electron chi connectivity index (χ4n) is 1.71. The molecule has 0 aliphatic rings. The summed E-state index contributed by atoms with van der Waals surface area (Å²) >= 11 is 1.47. The van der Waals surface area contributed by atoms with Gasteiger partial charge in [0, 0.05) is 17.1 Å². The smallest absolute Gasteiger partial charge is 0.282 e. The molecule has 21 heavy (non-hydrogen) atoms. The van der Waals surface area contributed by atoms with Crippen molar-refractivity contribution in [2.24, 2.45) is 0 Å². The van der Waals surface area contributed by atoms with Crippen molar-refractivity contribution in [2.75, 3.05) is 0 Å². The molecule has 7 nitrogen and oxygen atoms in total. The van der Waals surface area contributed by atoms with Crippen LogP contribution in [-0.4, -0.2) is 20.9 Å². The second kappa shape index (κ2) is 6.31. The Morgan fingerprint density at radius 2 is 2.29 bits per heavy atom. The first-order chi connectivity index (χ1) is 10.0. The van der Waals surface area contributed by atoms with E-state index in [1.807, 2.05) is 6.92 Å². The van der Waals surface area contributed by atoms with Crippen molar-refractivity contribution in [3.05, 3.63) is 50.0 Å². The lowest BCUT2D eigenvalue weighted by molar-refractivity contribution is -0.385. The summed E-state index contributed by atoms with van der Waals surface area (Å²) < 4.78 is 0. The molecule has 0 unspecified atom stereocenters. The molecular formula is C13H13N3O4S. The van der Waals surface area contributed by atoms with Gasteiger partial charge in [-0.15, -0.1) is 11.3 Å². The standard InChI is InChI=1S/C13H13N3O4S/c1-2-9-6-14-12(21-9)7-15-13(18)10-5-8(17)3-4-11(10)16(19)20/h3-6,17H,2,7H2,1H3,(H,15,18). The number of benzene rings is 1. The number of phenolic OH excluding ortho intramolecular Hbond substituents is 1. The first kappa shape index (κ1) is 14.9. The highest BCUT2D eigenvalue weighted by molar-refractivity contribution is 7.11. The Balaban J connectivity index is 2.13. The zero-order valence-corrected chi connectivity index (χ0v) is 12.0. The molecule has 0 saturated carbocycles. The van der Waals surface area contributed by atoms with Gasteiger partial charge in [-0.2, -0.15) is 0 Å². The summed E-state index contributed by atoms with van der Waals surface area (Å²) in [7, 11) is 0. The minimum Gasteiger partial charge on any atom is -0.508 e. The van der Waals surface area contributed by atoms with Gasteiger partial charge in [0.25, 0.3) is 11.6 Å². The van der Waals surface area contributed by atoms with Gasteiger partial charge in [0.15, 0.2) is 0 Å². The number of aromatic hydroxyl groups is 1. The molecule has 8 heteroatoms.